The van der Waals surface area contributed by atoms with Gasteiger partial charge in [-0.15, -0.1) is 0 Å². The molecular formula is C17H16O5. The fourth-order valence-corrected chi connectivity index (χ4v) is 2.55. The Labute approximate surface area is 127 Å². The van der Waals surface area contributed by atoms with Gasteiger partial charge in [0.15, 0.2) is 29.5 Å². The molecule has 0 aliphatic carbocycles. The summed E-state index contributed by atoms with van der Waals surface area (Å²) in [5, 5.41) is 29.2. The zero-order valence-electron chi connectivity index (χ0n) is 12.2. The van der Waals surface area contributed by atoms with E-state index in [9.17, 15) is 20.1 Å². The Morgan fingerprint density at radius 2 is 1.68 bits per heavy atom. The van der Waals surface area contributed by atoms with E-state index in [1.54, 1.807) is 12.1 Å². The molecule has 1 aliphatic heterocycles. The van der Waals surface area contributed by atoms with Gasteiger partial charge in [0.2, 0.25) is 0 Å². The number of aliphatic hydroxyl groups is 1. The van der Waals surface area contributed by atoms with Gasteiger partial charge in [-0.3, -0.25) is 4.79 Å². The lowest BCUT2D eigenvalue weighted by atomic mass is 9.91. The fourth-order valence-electron chi connectivity index (χ4n) is 2.55. The van der Waals surface area contributed by atoms with Crippen LogP contribution in [0.5, 0.6) is 17.2 Å². The number of carbonyl (C=O) groups is 1. The van der Waals surface area contributed by atoms with E-state index in [2.05, 4.69) is 0 Å². The molecule has 0 saturated carbocycles. The summed E-state index contributed by atoms with van der Waals surface area (Å²) in [4.78, 5) is 12.4. The van der Waals surface area contributed by atoms with Crippen molar-refractivity contribution >= 4 is 5.78 Å². The van der Waals surface area contributed by atoms with Gasteiger partial charge in [-0.05, 0) is 54.8 Å². The van der Waals surface area contributed by atoms with Crippen LogP contribution in [0, 0.1) is 13.8 Å². The number of hydrogen-bond acceptors (Lipinski definition) is 5. The number of fused-ring (bicyclic) bond motifs is 1. The summed E-state index contributed by atoms with van der Waals surface area (Å²) in [6.45, 7) is 3.80. The van der Waals surface area contributed by atoms with E-state index in [0.29, 0.717) is 16.9 Å². The Balaban J connectivity index is 2.06. The van der Waals surface area contributed by atoms with Crippen molar-refractivity contribution in [1.82, 2.24) is 0 Å². The first kappa shape index (κ1) is 14.4. The van der Waals surface area contributed by atoms with Crippen molar-refractivity contribution in [3.8, 4) is 17.2 Å². The summed E-state index contributed by atoms with van der Waals surface area (Å²) in [5.74, 6) is -0.600. The highest BCUT2D eigenvalue weighted by molar-refractivity contribution is 6.03. The number of rotatable bonds is 1. The fraction of sp³-hybridized carbons (Fsp3) is 0.235. The van der Waals surface area contributed by atoms with Gasteiger partial charge in [-0.2, -0.15) is 0 Å². The largest absolute Gasteiger partial charge is 0.504 e. The third-order valence-corrected chi connectivity index (χ3v) is 4.00. The van der Waals surface area contributed by atoms with Crippen molar-refractivity contribution in [2.75, 3.05) is 0 Å². The number of ether oxygens (including phenoxy) is 1. The van der Waals surface area contributed by atoms with Crippen LogP contribution in [0.2, 0.25) is 0 Å². The van der Waals surface area contributed by atoms with E-state index in [-0.39, 0.29) is 11.5 Å². The normalized spacial score (nSPS) is 20.4. The number of ketones is 1. The first-order valence-electron chi connectivity index (χ1n) is 6.90. The number of aryl methyl sites for hydroxylation is 2. The average molecular weight is 300 g/mol. The topological polar surface area (TPSA) is 87.0 Å². The molecule has 114 valence electrons. The van der Waals surface area contributed by atoms with Crippen LogP contribution in [-0.4, -0.2) is 27.2 Å². The lowest BCUT2D eigenvalue weighted by molar-refractivity contribution is 0.0215. The Hall–Kier alpha value is -2.53. The second kappa shape index (κ2) is 5.03. The molecule has 2 aromatic rings. The van der Waals surface area contributed by atoms with Crippen LogP contribution in [0.15, 0.2) is 30.3 Å². The van der Waals surface area contributed by atoms with Crippen molar-refractivity contribution in [2.24, 2.45) is 0 Å². The Kier molecular flexibility index (Phi) is 3.30. The number of aliphatic hydroxyl groups excluding tert-OH is 1. The minimum Gasteiger partial charge on any atom is -0.504 e. The minimum absolute atomic E-state index is 0.271. The van der Waals surface area contributed by atoms with E-state index in [4.69, 9.17) is 4.74 Å². The van der Waals surface area contributed by atoms with Crippen molar-refractivity contribution < 1.29 is 24.9 Å². The van der Waals surface area contributed by atoms with E-state index >= 15 is 0 Å². The molecule has 0 unspecified atom stereocenters. The summed E-state index contributed by atoms with van der Waals surface area (Å²) < 4.78 is 5.77. The molecule has 0 saturated heterocycles. The molecule has 2 aromatic carbocycles. The third kappa shape index (κ3) is 2.19. The maximum absolute atomic E-state index is 12.4. The highest BCUT2D eigenvalue weighted by Gasteiger charge is 2.37. The summed E-state index contributed by atoms with van der Waals surface area (Å²) in [6.07, 6.45) is -2.29. The molecule has 1 heterocycles. The minimum atomic E-state index is -1.36. The lowest BCUT2D eigenvalue weighted by Crippen LogP contribution is -2.36. The predicted octanol–water partition coefficient (Wildman–Crippen LogP) is 2.39. The van der Waals surface area contributed by atoms with Gasteiger partial charge in [0, 0.05) is 0 Å². The van der Waals surface area contributed by atoms with Crippen LogP contribution in [-0.2, 0) is 0 Å². The van der Waals surface area contributed by atoms with Crippen molar-refractivity contribution in [3.63, 3.8) is 0 Å². The summed E-state index contributed by atoms with van der Waals surface area (Å²) in [6, 6.07) is 7.55. The molecule has 5 heteroatoms. The summed E-state index contributed by atoms with van der Waals surface area (Å²) in [7, 11) is 0. The number of hydrogen-bond donors (Lipinski definition) is 3. The first-order chi connectivity index (χ1) is 10.4. The van der Waals surface area contributed by atoms with Gasteiger partial charge in [0.25, 0.3) is 0 Å². The molecule has 1 aliphatic rings. The van der Waals surface area contributed by atoms with Crippen LogP contribution >= 0.6 is 0 Å². The number of aromatic hydroxyl groups is 2. The molecule has 0 aromatic heterocycles. The number of Topliss-reactive ketones (excluding diaryl/α,β-unsaturated/α-hetero) is 1. The monoisotopic (exact) mass is 300 g/mol. The molecule has 3 N–H and O–H groups in total. The Morgan fingerprint density at radius 1 is 1.00 bits per heavy atom. The molecule has 0 radical (unpaired) electrons. The quantitative estimate of drug-likeness (QED) is 0.704. The van der Waals surface area contributed by atoms with Crippen LogP contribution in [0.25, 0.3) is 0 Å². The number of phenols is 2. The van der Waals surface area contributed by atoms with Crippen LogP contribution in [0.3, 0.4) is 0 Å². The summed E-state index contributed by atoms with van der Waals surface area (Å²) >= 11 is 0. The molecule has 2 atom stereocenters. The first-order valence-corrected chi connectivity index (χ1v) is 6.90. The average Bonchev–Trinajstić information content (AvgIpc) is 2.48. The number of carbonyl (C=O) groups excluding carboxylic acids is 1. The molecule has 0 fully saturated rings. The SMILES string of the molecule is Cc1cc2c(cc1C)C(=O)[C@H](O)[C@@H](c1ccc(O)c(O)c1)O2. The van der Waals surface area contributed by atoms with E-state index in [0.717, 1.165) is 11.1 Å². The van der Waals surface area contributed by atoms with Crippen LogP contribution in [0.4, 0.5) is 0 Å². The smallest absolute Gasteiger partial charge is 0.199 e. The molecule has 0 spiro atoms. The predicted molar refractivity (Wildman–Crippen MR) is 79.4 cm³/mol. The molecular weight excluding hydrogens is 284 g/mol. The zero-order chi connectivity index (χ0) is 16.0. The second-order valence-electron chi connectivity index (χ2n) is 5.53. The highest BCUT2D eigenvalue weighted by atomic mass is 16.5. The van der Waals surface area contributed by atoms with Crippen molar-refractivity contribution in [1.29, 1.82) is 0 Å². The number of benzene rings is 2. The molecule has 0 bridgehead atoms. The zero-order valence-corrected chi connectivity index (χ0v) is 12.2. The third-order valence-electron chi connectivity index (χ3n) is 4.00. The highest BCUT2D eigenvalue weighted by Crippen LogP contribution is 2.38. The van der Waals surface area contributed by atoms with E-state index < -0.39 is 18.0 Å². The van der Waals surface area contributed by atoms with E-state index in [1.165, 1.54) is 18.2 Å². The number of phenolic OH excluding ortho intramolecular Hbond substituents is 2. The Bertz CT molecular complexity index is 766. The van der Waals surface area contributed by atoms with Gasteiger partial charge >= 0.3 is 0 Å². The van der Waals surface area contributed by atoms with Crippen molar-refractivity contribution in [3.05, 3.63) is 52.6 Å². The van der Waals surface area contributed by atoms with Crippen LogP contribution < -0.4 is 4.74 Å². The maximum atomic E-state index is 12.4. The van der Waals surface area contributed by atoms with Crippen LogP contribution in [0.1, 0.15) is 33.2 Å². The standard InChI is InChI=1S/C17H16O5/c1-8-5-11-14(6-9(8)2)22-17(16(21)15(11)20)10-3-4-12(18)13(19)7-10/h3-7,16-19,21H,1-2H3/t16-,17+/m0/s1. The van der Waals surface area contributed by atoms with Gasteiger partial charge in [0.1, 0.15) is 5.75 Å². The van der Waals surface area contributed by atoms with Gasteiger partial charge in [0.05, 0.1) is 5.56 Å². The summed E-state index contributed by atoms with van der Waals surface area (Å²) in [5.41, 5.74) is 2.70. The Morgan fingerprint density at radius 3 is 2.36 bits per heavy atom. The van der Waals surface area contributed by atoms with Gasteiger partial charge in [-0.1, -0.05) is 6.07 Å². The molecule has 22 heavy (non-hydrogen) atoms. The molecule has 5 nitrogen and oxygen atoms in total. The van der Waals surface area contributed by atoms with E-state index in [1.807, 2.05) is 13.8 Å². The molecule has 3 rings (SSSR count). The second-order valence-corrected chi connectivity index (χ2v) is 5.53. The van der Waals surface area contributed by atoms with Crippen molar-refractivity contribution in [2.45, 2.75) is 26.1 Å². The van der Waals surface area contributed by atoms with Gasteiger partial charge < -0.3 is 20.1 Å². The van der Waals surface area contributed by atoms with Gasteiger partial charge in [-0.25, -0.2) is 0 Å². The maximum Gasteiger partial charge on any atom is 0.199 e. The lowest BCUT2D eigenvalue weighted by Gasteiger charge is -2.30. The molecule has 0 amide bonds.